The summed E-state index contributed by atoms with van der Waals surface area (Å²) >= 11 is 3.33. The van der Waals surface area contributed by atoms with E-state index in [9.17, 15) is 13.2 Å². The Morgan fingerprint density at radius 2 is 1.71 bits per heavy atom. The van der Waals surface area contributed by atoms with Gasteiger partial charge in [0.25, 0.3) is 0 Å². The molecule has 24 heavy (non-hydrogen) atoms. The summed E-state index contributed by atoms with van der Waals surface area (Å²) in [7, 11) is -3.59. The fraction of sp³-hybridized carbons (Fsp3) is 0.235. The second kappa shape index (κ2) is 7.81. The zero-order valence-corrected chi connectivity index (χ0v) is 15.8. The van der Waals surface area contributed by atoms with E-state index in [1.165, 1.54) is 0 Å². The second-order valence-electron chi connectivity index (χ2n) is 5.42. The van der Waals surface area contributed by atoms with Crippen LogP contribution >= 0.6 is 15.9 Å². The Hall–Kier alpha value is -1.86. The van der Waals surface area contributed by atoms with E-state index in [2.05, 4.69) is 21.2 Å². The first-order valence-corrected chi connectivity index (χ1v) is 9.99. The van der Waals surface area contributed by atoms with Gasteiger partial charge in [0.2, 0.25) is 15.9 Å². The molecule has 0 heterocycles. The summed E-state index contributed by atoms with van der Waals surface area (Å²) in [4.78, 5) is 12.3. The number of amides is 1. The fourth-order valence-corrected chi connectivity index (χ4v) is 3.76. The molecule has 2 rings (SSSR count). The predicted molar refractivity (Wildman–Crippen MR) is 99.3 cm³/mol. The van der Waals surface area contributed by atoms with Crippen LogP contribution in [0.15, 0.2) is 59.1 Å². The van der Waals surface area contributed by atoms with Crippen LogP contribution in [0.1, 0.15) is 18.5 Å². The topological polar surface area (TPSA) is 66.5 Å². The predicted octanol–water partition coefficient (Wildman–Crippen LogP) is 3.09. The lowest BCUT2D eigenvalue weighted by Gasteiger charge is -2.24. The minimum absolute atomic E-state index is 0.209. The van der Waals surface area contributed by atoms with E-state index in [-0.39, 0.29) is 18.5 Å². The monoisotopic (exact) mass is 410 g/mol. The van der Waals surface area contributed by atoms with Crippen molar-refractivity contribution in [3.05, 3.63) is 64.6 Å². The van der Waals surface area contributed by atoms with Crippen molar-refractivity contribution in [2.75, 3.05) is 17.1 Å². The van der Waals surface area contributed by atoms with Crippen LogP contribution in [-0.4, -0.2) is 27.1 Å². The molecule has 0 aliphatic heterocycles. The summed E-state index contributed by atoms with van der Waals surface area (Å²) < 4.78 is 25.9. The van der Waals surface area contributed by atoms with Crippen molar-refractivity contribution < 1.29 is 13.2 Å². The molecule has 0 aliphatic rings. The summed E-state index contributed by atoms with van der Waals surface area (Å²) in [6, 6.07) is 16.2. The van der Waals surface area contributed by atoms with Crippen LogP contribution in [0.5, 0.6) is 0 Å². The maximum atomic E-state index is 12.3. The van der Waals surface area contributed by atoms with Gasteiger partial charge in [0.05, 0.1) is 18.0 Å². The molecule has 0 radical (unpaired) electrons. The number of para-hydroxylation sites is 1. The van der Waals surface area contributed by atoms with Crippen LogP contribution in [0.3, 0.4) is 0 Å². The molecular weight excluding hydrogens is 392 g/mol. The maximum Gasteiger partial charge on any atom is 0.241 e. The van der Waals surface area contributed by atoms with Gasteiger partial charge >= 0.3 is 0 Å². The average Bonchev–Trinajstić information content (AvgIpc) is 2.53. The third-order valence-corrected chi connectivity index (χ3v) is 5.28. The molecule has 0 saturated carbocycles. The molecular formula is C17H19BrN2O3S. The van der Waals surface area contributed by atoms with E-state index in [0.29, 0.717) is 10.2 Å². The molecule has 0 bridgehead atoms. The third-order valence-electron chi connectivity index (χ3n) is 3.49. The van der Waals surface area contributed by atoms with Gasteiger partial charge in [0.1, 0.15) is 6.54 Å². The Morgan fingerprint density at radius 3 is 2.29 bits per heavy atom. The van der Waals surface area contributed by atoms with Crippen molar-refractivity contribution in [1.29, 1.82) is 0 Å². The highest BCUT2D eigenvalue weighted by atomic mass is 79.9. The smallest absolute Gasteiger partial charge is 0.241 e. The lowest BCUT2D eigenvalue weighted by atomic mass is 10.1. The first-order valence-electron chi connectivity index (χ1n) is 7.35. The number of nitrogens with zero attached hydrogens (tertiary/aromatic N) is 1. The molecule has 1 N–H and O–H groups in total. The van der Waals surface area contributed by atoms with E-state index in [4.69, 9.17) is 0 Å². The van der Waals surface area contributed by atoms with E-state index < -0.39 is 10.0 Å². The fourth-order valence-electron chi connectivity index (χ4n) is 2.28. The van der Waals surface area contributed by atoms with Gasteiger partial charge in [-0.2, -0.15) is 0 Å². The molecule has 0 saturated heterocycles. The highest BCUT2D eigenvalue weighted by Gasteiger charge is 2.23. The van der Waals surface area contributed by atoms with Gasteiger partial charge in [-0.25, -0.2) is 8.42 Å². The number of carbonyl (C=O) groups is 1. The third kappa shape index (κ3) is 4.82. The standard InChI is InChI=1S/C17H19BrN2O3S/c1-13(14-8-4-3-5-9-14)19-17(21)12-20(24(2,22)23)16-11-7-6-10-15(16)18/h3-11,13H,12H2,1-2H3,(H,19,21)/t13-/m1/s1. The Kier molecular flexibility index (Phi) is 6.01. The molecule has 2 aromatic rings. The number of rotatable bonds is 6. The van der Waals surface area contributed by atoms with Gasteiger partial charge in [-0.05, 0) is 40.5 Å². The van der Waals surface area contributed by atoms with Crippen molar-refractivity contribution in [2.45, 2.75) is 13.0 Å². The molecule has 0 aromatic heterocycles. The van der Waals surface area contributed by atoms with Gasteiger partial charge in [0, 0.05) is 4.47 Å². The Bertz CT molecular complexity index is 810. The molecule has 0 spiro atoms. The first kappa shape index (κ1) is 18.5. The van der Waals surface area contributed by atoms with E-state index in [1.54, 1.807) is 24.3 Å². The quantitative estimate of drug-likeness (QED) is 0.795. The van der Waals surface area contributed by atoms with Gasteiger partial charge < -0.3 is 5.32 Å². The maximum absolute atomic E-state index is 12.3. The molecule has 1 atom stereocenters. The van der Waals surface area contributed by atoms with Crippen LogP contribution in [0, 0.1) is 0 Å². The highest BCUT2D eigenvalue weighted by molar-refractivity contribution is 9.10. The van der Waals surface area contributed by atoms with Crippen LogP contribution < -0.4 is 9.62 Å². The second-order valence-corrected chi connectivity index (χ2v) is 8.18. The minimum atomic E-state index is -3.59. The molecule has 0 aliphatic carbocycles. The Morgan fingerprint density at radius 1 is 1.12 bits per heavy atom. The number of benzene rings is 2. The molecule has 0 unspecified atom stereocenters. The van der Waals surface area contributed by atoms with Gasteiger partial charge in [-0.1, -0.05) is 42.5 Å². The summed E-state index contributed by atoms with van der Waals surface area (Å²) in [5.41, 5.74) is 1.39. The Balaban J connectivity index is 2.16. The lowest BCUT2D eigenvalue weighted by molar-refractivity contribution is -0.120. The molecule has 0 fully saturated rings. The number of nitrogens with one attached hydrogen (secondary N) is 1. The molecule has 7 heteroatoms. The van der Waals surface area contributed by atoms with Crippen LogP contribution in [0.2, 0.25) is 0 Å². The van der Waals surface area contributed by atoms with Crippen molar-refractivity contribution in [3.8, 4) is 0 Å². The van der Waals surface area contributed by atoms with Crippen molar-refractivity contribution >= 4 is 37.5 Å². The Labute approximate surface area is 150 Å². The van der Waals surface area contributed by atoms with Crippen molar-refractivity contribution in [3.63, 3.8) is 0 Å². The van der Waals surface area contributed by atoms with Gasteiger partial charge in [-0.3, -0.25) is 9.10 Å². The highest BCUT2D eigenvalue weighted by Crippen LogP contribution is 2.27. The zero-order valence-electron chi connectivity index (χ0n) is 13.4. The van der Waals surface area contributed by atoms with E-state index >= 15 is 0 Å². The number of hydrogen-bond donors (Lipinski definition) is 1. The van der Waals surface area contributed by atoms with Gasteiger partial charge in [-0.15, -0.1) is 0 Å². The lowest BCUT2D eigenvalue weighted by Crippen LogP contribution is -2.41. The molecule has 5 nitrogen and oxygen atoms in total. The van der Waals surface area contributed by atoms with Crippen LogP contribution in [0.25, 0.3) is 0 Å². The van der Waals surface area contributed by atoms with E-state index in [1.807, 2.05) is 37.3 Å². The van der Waals surface area contributed by atoms with Crippen LogP contribution in [0.4, 0.5) is 5.69 Å². The normalized spacial score (nSPS) is 12.5. The molecule has 1 amide bonds. The van der Waals surface area contributed by atoms with Crippen molar-refractivity contribution in [1.82, 2.24) is 5.32 Å². The van der Waals surface area contributed by atoms with E-state index in [0.717, 1.165) is 16.1 Å². The number of carbonyl (C=O) groups excluding carboxylic acids is 1. The average molecular weight is 411 g/mol. The summed E-state index contributed by atoms with van der Waals surface area (Å²) in [5, 5.41) is 2.83. The summed E-state index contributed by atoms with van der Waals surface area (Å²) in [6.45, 7) is 1.58. The molecule has 128 valence electrons. The number of halogens is 1. The largest absolute Gasteiger partial charge is 0.348 e. The summed E-state index contributed by atoms with van der Waals surface area (Å²) in [5.74, 6) is -0.368. The SMILES string of the molecule is C[C@@H](NC(=O)CN(c1ccccc1Br)S(C)(=O)=O)c1ccccc1. The summed E-state index contributed by atoms with van der Waals surface area (Å²) in [6.07, 6.45) is 1.08. The van der Waals surface area contributed by atoms with Crippen molar-refractivity contribution in [2.24, 2.45) is 0 Å². The van der Waals surface area contributed by atoms with Gasteiger partial charge in [0.15, 0.2) is 0 Å². The number of anilines is 1. The minimum Gasteiger partial charge on any atom is -0.348 e. The molecule has 2 aromatic carbocycles. The number of hydrogen-bond acceptors (Lipinski definition) is 3. The van der Waals surface area contributed by atoms with Crippen LogP contribution in [-0.2, 0) is 14.8 Å². The number of sulfonamides is 1. The zero-order chi connectivity index (χ0) is 17.7. The first-order chi connectivity index (χ1) is 11.3.